The number of aromatic nitrogens is 1. The molecule has 0 aliphatic rings. The van der Waals surface area contributed by atoms with Crippen LogP contribution in [0.25, 0.3) is 20.8 Å². The molecular formula is C14H9BrClNS. The number of thiazole rings is 1. The lowest BCUT2D eigenvalue weighted by atomic mass is 10.1. The predicted octanol–water partition coefficient (Wildman–Crippen LogP) is 5.69. The van der Waals surface area contributed by atoms with E-state index in [1.807, 2.05) is 18.2 Å². The highest BCUT2D eigenvalue weighted by Gasteiger charge is 2.09. The maximum Gasteiger partial charge on any atom is 0.125 e. The van der Waals surface area contributed by atoms with Crippen molar-refractivity contribution in [1.29, 1.82) is 0 Å². The van der Waals surface area contributed by atoms with E-state index >= 15 is 0 Å². The number of nitrogens with zero attached hydrogens (tertiary/aromatic N) is 1. The highest BCUT2D eigenvalue weighted by atomic mass is 79.9. The summed E-state index contributed by atoms with van der Waals surface area (Å²) in [5.74, 6) is 0. The Kier molecular flexibility index (Phi) is 3.14. The summed E-state index contributed by atoms with van der Waals surface area (Å²) in [6, 6.07) is 12.1. The SMILES string of the molecule is Cc1ccc(Br)c(-c2nc3ccc(Cl)cc3s2)c1. The summed E-state index contributed by atoms with van der Waals surface area (Å²) in [4.78, 5) is 4.66. The molecule has 3 aromatic rings. The molecule has 3 rings (SSSR count). The lowest BCUT2D eigenvalue weighted by Crippen LogP contribution is -1.80. The number of hydrogen-bond donors (Lipinski definition) is 0. The zero-order valence-corrected chi connectivity index (χ0v) is 12.7. The van der Waals surface area contributed by atoms with Crippen LogP contribution in [0.15, 0.2) is 40.9 Å². The van der Waals surface area contributed by atoms with Crippen molar-refractivity contribution < 1.29 is 0 Å². The summed E-state index contributed by atoms with van der Waals surface area (Å²) < 4.78 is 2.18. The molecule has 1 heterocycles. The molecule has 0 atom stereocenters. The number of rotatable bonds is 1. The van der Waals surface area contributed by atoms with Gasteiger partial charge in [0, 0.05) is 15.1 Å². The van der Waals surface area contributed by atoms with E-state index in [9.17, 15) is 0 Å². The van der Waals surface area contributed by atoms with Gasteiger partial charge in [-0.25, -0.2) is 4.98 Å². The highest BCUT2D eigenvalue weighted by molar-refractivity contribution is 9.10. The van der Waals surface area contributed by atoms with Crippen LogP contribution >= 0.6 is 38.9 Å². The first kappa shape index (κ1) is 12.2. The Balaban J connectivity index is 2.22. The minimum atomic E-state index is 0.751. The molecule has 0 unspecified atom stereocenters. The van der Waals surface area contributed by atoms with Crippen LogP contribution < -0.4 is 0 Å². The Morgan fingerprint density at radius 2 is 2.00 bits per heavy atom. The highest BCUT2D eigenvalue weighted by Crippen LogP contribution is 2.35. The molecule has 0 saturated heterocycles. The van der Waals surface area contributed by atoms with Crippen LogP contribution in [0.3, 0.4) is 0 Å². The van der Waals surface area contributed by atoms with Crippen molar-refractivity contribution in [2.24, 2.45) is 0 Å². The second-order valence-electron chi connectivity index (χ2n) is 4.11. The molecule has 18 heavy (non-hydrogen) atoms. The van der Waals surface area contributed by atoms with Gasteiger partial charge in [0.25, 0.3) is 0 Å². The number of halogens is 2. The maximum atomic E-state index is 6.00. The number of hydrogen-bond acceptors (Lipinski definition) is 2. The summed E-state index contributed by atoms with van der Waals surface area (Å²) in [5.41, 5.74) is 3.35. The van der Waals surface area contributed by atoms with Crippen LogP contribution in [0.5, 0.6) is 0 Å². The average Bonchev–Trinajstić information content (AvgIpc) is 2.74. The zero-order chi connectivity index (χ0) is 12.7. The summed E-state index contributed by atoms with van der Waals surface area (Å²) >= 11 is 11.2. The van der Waals surface area contributed by atoms with Crippen molar-refractivity contribution in [3.63, 3.8) is 0 Å². The van der Waals surface area contributed by atoms with Gasteiger partial charge in [-0.3, -0.25) is 0 Å². The van der Waals surface area contributed by atoms with E-state index in [2.05, 4.69) is 46.0 Å². The molecule has 0 radical (unpaired) electrons. The van der Waals surface area contributed by atoms with Crippen LogP contribution in [0.2, 0.25) is 5.02 Å². The summed E-state index contributed by atoms with van der Waals surface area (Å²) in [5, 5.41) is 1.77. The van der Waals surface area contributed by atoms with Crippen LogP contribution in [0.1, 0.15) is 5.56 Å². The van der Waals surface area contributed by atoms with Crippen molar-refractivity contribution in [2.75, 3.05) is 0 Å². The van der Waals surface area contributed by atoms with Gasteiger partial charge in [0.05, 0.1) is 10.2 Å². The van der Waals surface area contributed by atoms with Gasteiger partial charge in [0.1, 0.15) is 5.01 Å². The molecule has 0 amide bonds. The number of benzene rings is 2. The standard InChI is InChI=1S/C14H9BrClNS/c1-8-2-4-11(15)10(6-8)14-17-12-5-3-9(16)7-13(12)18-14/h2-7H,1H3. The van der Waals surface area contributed by atoms with Crippen LogP contribution in [-0.2, 0) is 0 Å². The topological polar surface area (TPSA) is 12.9 Å². The van der Waals surface area contributed by atoms with Crippen molar-refractivity contribution in [1.82, 2.24) is 4.98 Å². The molecule has 0 spiro atoms. The smallest absolute Gasteiger partial charge is 0.125 e. The van der Waals surface area contributed by atoms with Gasteiger partial charge in [-0.15, -0.1) is 11.3 Å². The normalized spacial score (nSPS) is 11.1. The minimum Gasteiger partial charge on any atom is -0.236 e. The largest absolute Gasteiger partial charge is 0.236 e. The van der Waals surface area contributed by atoms with Gasteiger partial charge >= 0.3 is 0 Å². The molecule has 0 aliphatic carbocycles. The third kappa shape index (κ3) is 2.18. The maximum absolute atomic E-state index is 6.00. The molecule has 0 aliphatic heterocycles. The molecule has 0 saturated carbocycles. The Morgan fingerprint density at radius 1 is 1.17 bits per heavy atom. The molecule has 0 fully saturated rings. The van der Waals surface area contributed by atoms with Crippen molar-refractivity contribution in [2.45, 2.75) is 6.92 Å². The fourth-order valence-electron chi connectivity index (χ4n) is 1.82. The minimum absolute atomic E-state index is 0.751. The summed E-state index contributed by atoms with van der Waals surface area (Å²) in [6.45, 7) is 2.08. The van der Waals surface area contributed by atoms with E-state index in [1.54, 1.807) is 11.3 Å². The second-order valence-corrected chi connectivity index (χ2v) is 6.44. The van der Waals surface area contributed by atoms with E-state index in [4.69, 9.17) is 11.6 Å². The second kappa shape index (κ2) is 4.65. The lowest BCUT2D eigenvalue weighted by molar-refractivity contribution is 1.42. The lowest BCUT2D eigenvalue weighted by Gasteiger charge is -2.01. The molecule has 2 aromatic carbocycles. The Hall–Kier alpha value is -0.900. The first-order valence-corrected chi connectivity index (χ1v) is 7.45. The fourth-order valence-corrected chi connectivity index (χ4v) is 3.65. The monoisotopic (exact) mass is 337 g/mol. The van der Waals surface area contributed by atoms with E-state index in [0.29, 0.717) is 0 Å². The fraction of sp³-hybridized carbons (Fsp3) is 0.0714. The molecule has 90 valence electrons. The predicted molar refractivity (Wildman–Crippen MR) is 82.5 cm³/mol. The van der Waals surface area contributed by atoms with Gasteiger partial charge in [0.15, 0.2) is 0 Å². The van der Waals surface area contributed by atoms with E-state index in [1.165, 1.54) is 5.56 Å². The van der Waals surface area contributed by atoms with Crippen LogP contribution in [0, 0.1) is 6.92 Å². The van der Waals surface area contributed by atoms with Crippen molar-refractivity contribution in [3.05, 3.63) is 51.5 Å². The molecule has 0 N–H and O–H groups in total. The summed E-state index contributed by atoms with van der Waals surface area (Å²) in [7, 11) is 0. The molecule has 4 heteroatoms. The van der Waals surface area contributed by atoms with Crippen molar-refractivity contribution >= 4 is 49.1 Å². The van der Waals surface area contributed by atoms with E-state index < -0.39 is 0 Å². The average molecular weight is 339 g/mol. The zero-order valence-electron chi connectivity index (χ0n) is 9.58. The van der Waals surface area contributed by atoms with Crippen LogP contribution in [0.4, 0.5) is 0 Å². The number of fused-ring (bicyclic) bond motifs is 1. The first-order chi connectivity index (χ1) is 8.63. The molecular weight excluding hydrogens is 330 g/mol. The van der Waals surface area contributed by atoms with E-state index in [0.717, 1.165) is 30.3 Å². The van der Waals surface area contributed by atoms with E-state index in [-0.39, 0.29) is 0 Å². The third-order valence-electron chi connectivity index (χ3n) is 2.70. The Labute approximate surface area is 123 Å². The number of aryl methyl sites for hydroxylation is 1. The van der Waals surface area contributed by atoms with Gasteiger partial charge in [0.2, 0.25) is 0 Å². The third-order valence-corrected chi connectivity index (χ3v) is 4.68. The first-order valence-electron chi connectivity index (χ1n) is 5.46. The van der Waals surface area contributed by atoms with Gasteiger partial charge in [-0.1, -0.05) is 39.2 Å². The van der Waals surface area contributed by atoms with Crippen molar-refractivity contribution in [3.8, 4) is 10.6 Å². The molecule has 1 nitrogen and oxygen atoms in total. The Bertz CT molecular complexity index is 736. The molecule has 1 aromatic heterocycles. The van der Waals surface area contributed by atoms with Gasteiger partial charge in [-0.05, 0) is 37.3 Å². The van der Waals surface area contributed by atoms with Crippen LogP contribution in [-0.4, -0.2) is 4.98 Å². The quantitative estimate of drug-likeness (QED) is 0.555. The van der Waals surface area contributed by atoms with Gasteiger partial charge in [-0.2, -0.15) is 0 Å². The molecule has 0 bridgehead atoms. The Morgan fingerprint density at radius 3 is 2.83 bits per heavy atom. The van der Waals surface area contributed by atoms with Gasteiger partial charge < -0.3 is 0 Å². The summed E-state index contributed by atoms with van der Waals surface area (Å²) in [6.07, 6.45) is 0.